The van der Waals surface area contributed by atoms with Gasteiger partial charge in [0.2, 0.25) is 0 Å². The van der Waals surface area contributed by atoms with Crippen LogP contribution in [-0.4, -0.2) is 6.04 Å². The van der Waals surface area contributed by atoms with Gasteiger partial charge >= 0.3 is 0 Å². The number of ether oxygens (including phenoxy) is 1. The molecule has 0 aliphatic heterocycles. The Morgan fingerprint density at radius 3 is 2.43 bits per heavy atom. The third-order valence-corrected chi connectivity index (χ3v) is 3.95. The van der Waals surface area contributed by atoms with Crippen molar-refractivity contribution < 1.29 is 9.13 Å². The van der Waals surface area contributed by atoms with E-state index in [9.17, 15) is 4.39 Å². The van der Waals surface area contributed by atoms with E-state index in [-0.39, 0.29) is 11.9 Å². The molecular weight excluding hydrogens is 333 g/mol. The molecule has 2 N–H and O–H groups in total. The minimum absolute atomic E-state index is 0.183. The summed E-state index contributed by atoms with van der Waals surface area (Å²) in [6, 6.07) is 12.5. The quantitative estimate of drug-likeness (QED) is 0.834. The molecule has 2 nitrogen and oxygen atoms in total. The molecule has 0 saturated carbocycles. The maximum Gasteiger partial charge on any atom is 0.134 e. The molecule has 0 aliphatic rings. The van der Waals surface area contributed by atoms with Crippen molar-refractivity contribution in [1.82, 2.24) is 0 Å². The first kappa shape index (κ1) is 16.0. The Balaban J connectivity index is 1.99. The van der Waals surface area contributed by atoms with E-state index >= 15 is 0 Å². The monoisotopic (exact) mass is 351 g/mol. The van der Waals surface area contributed by atoms with Crippen LogP contribution in [0.2, 0.25) is 0 Å². The van der Waals surface area contributed by atoms with E-state index in [1.807, 2.05) is 18.2 Å². The van der Waals surface area contributed by atoms with Crippen LogP contribution in [0, 0.1) is 5.82 Å². The van der Waals surface area contributed by atoms with Crippen molar-refractivity contribution in [2.24, 2.45) is 5.73 Å². The molecule has 112 valence electrons. The van der Waals surface area contributed by atoms with Crippen molar-refractivity contribution in [1.29, 1.82) is 0 Å². The Bertz CT molecular complexity index is 586. The van der Waals surface area contributed by atoms with Crippen LogP contribution in [0.25, 0.3) is 0 Å². The Morgan fingerprint density at radius 1 is 1.14 bits per heavy atom. The third-order valence-electron chi connectivity index (χ3n) is 3.33. The number of hydrogen-bond acceptors (Lipinski definition) is 2. The van der Waals surface area contributed by atoms with E-state index in [4.69, 9.17) is 10.5 Å². The zero-order chi connectivity index (χ0) is 15.2. The molecule has 0 fully saturated rings. The average molecular weight is 352 g/mol. The fraction of sp³-hybridized carbons (Fsp3) is 0.294. The van der Waals surface area contributed by atoms with Crippen molar-refractivity contribution in [3.05, 3.63) is 63.9 Å². The highest BCUT2D eigenvalue weighted by atomic mass is 79.9. The molecular formula is C17H19BrFNO. The van der Waals surface area contributed by atoms with Gasteiger partial charge in [0.05, 0.1) is 4.47 Å². The van der Waals surface area contributed by atoms with Gasteiger partial charge in [0.1, 0.15) is 18.2 Å². The topological polar surface area (TPSA) is 35.2 Å². The highest BCUT2D eigenvalue weighted by Gasteiger charge is 2.06. The second kappa shape index (κ2) is 7.57. The van der Waals surface area contributed by atoms with Crippen LogP contribution < -0.4 is 10.5 Å². The fourth-order valence-electron chi connectivity index (χ4n) is 1.98. The van der Waals surface area contributed by atoms with Crippen LogP contribution in [0.3, 0.4) is 0 Å². The van der Waals surface area contributed by atoms with E-state index in [0.717, 1.165) is 28.6 Å². The Labute approximate surface area is 133 Å². The standard InChI is InChI=1S/C17H19BrFNO/c1-2-15(20)9-13-5-8-17(16(18)10-13)21-11-12-3-6-14(19)7-4-12/h3-8,10,15H,2,9,11,20H2,1H3. The summed E-state index contributed by atoms with van der Waals surface area (Å²) in [4.78, 5) is 0. The lowest BCUT2D eigenvalue weighted by Gasteiger charge is -2.12. The summed E-state index contributed by atoms with van der Waals surface area (Å²) in [5.41, 5.74) is 8.08. The molecule has 0 bridgehead atoms. The van der Waals surface area contributed by atoms with Gasteiger partial charge in [-0.05, 0) is 64.2 Å². The number of nitrogens with two attached hydrogens (primary N) is 1. The third kappa shape index (κ3) is 4.83. The van der Waals surface area contributed by atoms with Gasteiger partial charge in [-0.2, -0.15) is 0 Å². The SMILES string of the molecule is CCC(N)Cc1ccc(OCc2ccc(F)cc2)c(Br)c1. The minimum Gasteiger partial charge on any atom is -0.488 e. The summed E-state index contributed by atoms with van der Waals surface area (Å²) in [7, 11) is 0. The van der Waals surface area contributed by atoms with Gasteiger partial charge in [-0.15, -0.1) is 0 Å². The van der Waals surface area contributed by atoms with Gasteiger partial charge < -0.3 is 10.5 Å². The van der Waals surface area contributed by atoms with Gasteiger partial charge in [0.15, 0.2) is 0 Å². The van der Waals surface area contributed by atoms with Gasteiger partial charge in [-0.1, -0.05) is 25.1 Å². The molecule has 2 aromatic rings. The predicted molar refractivity (Wildman–Crippen MR) is 86.8 cm³/mol. The smallest absolute Gasteiger partial charge is 0.134 e. The largest absolute Gasteiger partial charge is 0.488 e. The molecule has 0 radical (unpaired) electrons. The minimum atomic E-state index is -0.239. The van der Waals surface area contributed by atoms with Crippen molar-refractivity contribution in [2.75, 3.05) is 0 Å². The van der Waals surface area contributed by atoms with E-state index in [1.54, 1.807) is 12.1 Å². The van der Waals surface area contributed by atoms with Crippen LogP contribution in [0.5, 0.6) is 5.75 Å². The van der Waals surface area contributed by atoms with E-state index in [2.05, 4.69) is 22.9 Å². The van der Waals surface area contributed by atoms with E-state index in [0.29, 0.717) is 6.61 Å². The van der Waals surface area contributed by atoms with Crippen molar-refractivity contribution >= 4 is 15.9 Å². The van der Waals surface area contributed by atoms with Gasteiger partial charge in [0, 0.05) is 6.04 Å². The molecule has 4 heteroatoms. The lowest BCUT2D eigenvalue weighted by Crippen LogP contribution is -2.21. The molecule has 0 heterocycles. The first-order valence-corrected chi connectivity index (χ1v) is 7.79. The van der Waals surface area contributed by atoms with Crippen molar-refractivity contribution in [3.63, 3.8) is 0 Å². The molecule has 1 unspecified atom stereocenters. The molecule has 1 atom stereocenters. The lowest BCUT2D eigenvalue weighted by atomic mass is 10.0. The summed E-state index contributed by atoms with van der Waals surface area (Å²) >= 11 is 3.52. The van der Waals surface area contributed by atoms with Crippen LogP contribution in [0.4, 0.5) is 4.39 Å². The lowest BCUT2D eigenvalue weighted by molar-refractivity contribution is 0.304. The first-order chi connectivity index (χ1) is 10.1. The zero-order valence-corrected chi connectivity index (χ0v) is 13.6. The summed E-state index contributed by atoms with van der Waals surface area (Å²) in [5, 5.41) is 0. The van der Waals surface area contributed by atoms with Gasteiger partial charge in [-0.25, -0.2) is 4.39 Å². The number of benzene rings is 2. The number of rotatable bonds is 6. The Kier molecular flexibility index (Phi) is 5.76. The second-order valence-corrected chi connectivity index (χ2v) is 5.91. The number of halogens is 2. The van der Waals surface area contributed by atoms with E-state index in [1.165, 1.54) is 17.7 Å². The fourth-order valence-corrected chi connectivity index (χ4v) is 2.52. The maximum atomic E-state index is 12.8. The van der Waals surface area contributed by atoms with Crippen molar-refractivity contribution in [3.8, 4) is 5.75 Å². The average Bonchev–Trinajstić information content (AvgIpc) is 2.48. The zero-order valence-electron chi connectivity index (χ0n) is 12.0. The molecule has 0 spiro atoms. The molecule has 21 heavy (non-hydrogen) atoms. The Hall–Kier alpha value is -1.39. The van der Waals surface area contributed by atoms with Gasteiger partial charge in [-0.3, -0.25) is 0 Å². The summed E-state index contributed by atoms with van der Waals surface area (Å²) in [6.45, 7) is 2.49. The molecule has 0 amide bonds. The highest BCUT2D eigenvalue weighted by Crippen LogP contribution is 2.27. The summed E-state index contributed by atoms with van der Waals surface area (Å²) in [5.74, 6) is 0.532. The van der Waals surface area contributed by atoms with Gasteiger partial charge in [0.25, 0.3) is 0 Å². The summed E-state index contributed by atoms with van der Waals surface area (Å²) < 4.78 is 19.5. The van der Waals surface area contributed by atoms with Crippen LogP contribution in [-0.2, 0) is 13.0 Å². The summed E-state index contributed by atoms with van der Waals surface area (Å²) in [6.07, 6.45) is 1.81. The maximum absolute atomic E-state index is 12.8. The van der Waals surface area contributed by atoms with Crippen LogP contribution in [0.15, 0.2) is 46.9 Å². The van der Waals surface area contributed by atoms with Crippen LogP contribution >= 0.6 is 15.9 Å². The molecule has 2 aromatic carbocycles. The van der Waals surface area contributed by atoms with E-state index < -0.39 is 0 Å². The number of hydrogen-bond donors (Lipinski definition) is 1. The molecule has 0 aromatic heterocycles. The first-order valence-electron chi connectivity index (χ1n) is 6.99. The second-order valence-electron chi connectivity index (χ2n) is 5.05. The molecule has 0 saturated heterocycles. The molecule has 2 rings (SSSR count). The van der Waals surface area contributed by atoms with Crippen LogP contribution in [0.1, 0.15) is 24.5 Å². The molecule has 0 aliphatic carbocycles. The predicted octanol–water partition coefficient (Wildman–Crippen LogP) is 4.45. The van der Waals surface area contributed by atoms with Crippen molar-refractivity contribution in [2.45, 2.75) is 32.4 Å². The normalized spacial score (nSPS) is 12.2. The highest BCUT2D eigenvalue weighted by molar-refractivity contribution is 9.10. The Morgan fingerprint density at radius 2 is 1.81 bits per heavy atom.